The van der Waals surface area contributed by atoms with Crippen molar-refractivity contribution in [2.24, 2.45) is 5.73 Å². The van der Waals surface area contributed by atoms with Crippen molar-refractivity contribution in [3.63, 3.8) is 0 Å². The number of ketones is 1. The van der Waals surface area contributed by atoms with E-state index >= 15 is 0 Å². The second-order valence-corrected chi connectivity index (χ2v) is 6.16. The Balaban J connectivity index is 2.22. The van der Waals surface area contributed by atoms with E-state index in [1.54, 1.807) is 19.1 Å². The van der Waals surface area contributed by atoms with Crippen LogP contribution >= 0.6 is 0 Å². The van der Waals surface area contributed by atoms with Gasteiger partial charge in [-0.1, -0.05) is 60.2 Å². The lowest BCUT2D eigenvalue weighted by molar-refractivity contribution is -0.119. The van der Waals surface area contributed by atoms with Gasteiger partial charge in [0.2, 0.25) is 17.4 Å². The fraction of sp³-hybridized carbons (Fsp3) is 0.182. The first kappa shape index (κ1) is 18.3. The lowest BCUT2D eigenvalue weighted by Gasteiger charge is -2.16. The maximum absolute atomic E-state index is 13.4. The van der Waals surface area contributed by atoms with E-state index in [-0.39, 0.29) is 35.4 Å². The Labute approximate surface area is 158 Å². The number of hydrogen-bond donors (Lipinski definition) is 1. The number of carbonyl (C=O) groups excluding carboxylic acids is 1. The van der Waals surface area contributed by atoms with E-state index in [1.165, 1.54) is 0 Å². The summed E-state index contributed by atoms with van der Waals surface area (Å²) in [5, 5.41) is 9.68. The molecule has 3 rings (SSSR count). The van der Waals surface area contributed by atoms with Gasteiger partial charge in [-0.15, -0.1) is 0 Å². The van der Waals surface area contributed by atoms with E-state index in [2.05, 4.69) is 0 Å². The van der Waals surface area contributed by atoms with Crippen LogP contribution in [0.3, 0.4) is 0 Å². The molecule has 2 aromatic rings. The summed E-state index contributed by atoms with van der Waals surface area (Å²) >= 11 is 0. The Morgan fingerprint density at radius 1 is 1.15 bits per heavy atom. The third kappa shape index (κ3) is 3.56. The van der Waals surface area contributed by atoms with Crippen LogP contribution in [0.5, 0.6) is 0 Å². The first-order valence-electron chi connectivity index (χ1n) is 8.67. The lowest BCUT2D eigenvalue weighted by Crippen LogP contribution is -2.19. The van der Waals surface area contributed by atoms with Crippen molar-refractivity contribution < 1.29 is 14.3 Å². The molecule has 1 aliphatic heterocycles. The zero-order chi connectivity index (χ0) is 19.4. The Morgan fingerprint density at radius 3 is 2.41 bits per heavy atom. The molecule has 0 aliphatic carbocycles. The number of nitriles is 1. The largest absolute Gasteiger partial charge is 0.487 e. The predicted octanol–water partition coefficient (Wildman–Crippen LogP) is 3.78. The summed E-state index contributed by atoms with van der Waals surface area (Å²) in [7, 11) is 0. The van der Waals surface area contributed by atoms with E-state index in [1.807, 2.05) is 55.5 Å². The number of nitrogens with zero attached hydrogens (tertiary/aromatic N) is 1. The number of carbonyl (C=O) groups is 1. The normalized spacial score (nSPS) is 17.2. The molecule has 0 saturated carbocycles. The van der Waals surface area contributed by atoms with Crippen LogP contribution in [0.4, 0.5) is 0 Å². The quantitative estimate of drug-likeness (QED) is 0.897. The molecule has 5 nitrogen and oxygen atoms in total. The van der Waals surface area contributed by atoms with Gasteiger partial charge in [0.15, 0.2) is 5.76 Å². The van der Waals surface area contributed by atoms with Gasteiger partial charge in [-0.25, -0.2) is 0 Å². The van der Waals surface area contributed by atoms with Crippen LogP contribution in [0.25, 0.3) is 5.76 Å². The highest BCUT2D eigenvalue weighted by atomic mass is 16.5. The van der Waals surface area contributed by atoms with Crippen molar-refractivity contribution in [2.45, 2.75) is 19.8 Å². The minimum atomic E-state index is -0.877. The molecule has 5 heteroatoms. The van der Waals surface area contributed by atoms with Gasteiger partial charge in [-0.05, 0) is 19.4 Å². The predicted molar refractivity (Wildman–Crippen MR) is 102 cm³/mol. The van der Waals surface area contributed by atoms with Gasteiger partial charge in [0.1, 0.15) is 11.6 Å². The summed E-state index contributed by atoms with van der Waals surface area (Å²) in [6.07, 6.45) is 0. The summed E-state index contributed by atoms with van der Waals surface area (Å²) in [6.45, 7) is 4.02. The molecule has 0 radical (unpaired) electrons. The number of rotatable bonds is 4. The van der Waals surface area contributed by atoms with Crippen molar-refractivity contribution in [3.05, 3.63) is 88.5 Å². The zero-order valence-corrected chi connectivity index (χ0v) is 15.2. The Kier molecular flexibility index (Phi) is 5.28. The molecule has 1 unspecified atom stereocenters. The van der Waals surface area contributed by atoms with E-state index < -0.39 is 5.92 Å². The van der Waals surface area contributed by atoms with Gasteiger partial charge in [0.25, 0.3) is 0 Å². The van der Waals surface area contributed by atoms with Gasteiger partial charge in [-0.2, -0.15) is 5.26 Å². The standard InChI is InChI=1S/C22H20N2O3/c1-3-26-21-19(25)18(15-11-9-14(2)10-12-15)17(13-23)22(24)27-20(21)16-7-5-4-6-8-16/h4-12,18H,3,24H2,1-2H3. The van der Waals surface area contributed by atoms with Crippen molar-refractivity contribution in [1.29, 1.82) is 5.26 Å². The number of hydrogen-bond acceptors (Lipinski definition) is 5. The van der Waals surface area contributed by atoms with Gasteiger partial charge < -0.3 is 15.2 Å². The van der Waals surface area contributed by atoms with E-state index in [4.69, 9.17) is 15.2 Å². The van der Waals surface area contributed by atoms with Crippen LogP contribution in [0, 0.1) is 18.3 Å². The second kappa shape index (κ2) is 7.79. The van der Waals surface area contributed by atoms with Crippen molar-refractivity contribution >= 4 is 11.5 Å². The van der Waals surface area contributed by atoms with E-state index in [0.29, 0.717) is 11.1 Å². The monoisotopic (exact) mass is 360 g/mol. The van der Waals surface area contributed by atoms with E-state index in [0.717, 1.165) is 5.56 Å². The maximum atomic E-state index is 13.4. The molecule has 2 N–H and O–H groups in total. The highest BCUT2D eigenvalue weighted by Gasteiger charge is 2.37. The minimum Gasteiger partial charge on any atom is -0.487 e. The molecule has 1 atom stereocenters. The van der Waals surface area contributed by atoms with Gasteiger partial charge >= 0.3 is 0 Å². The molecule has 1 aliphatic rings. The summed E-state index contributed by atoms with van der Waals surface area (Å²) in [5.74, 6) is -1.02. The number of nitrogens with two attached hydrogens (primary N) is 1. The van der Waals surface area contributed by atoms with Crippen molar-refractivity contribution in [3.8, 4) is 6.07 Å². The molecule has 0 amide bonds. The van der Waals surface area contributed by atoms with Gasteiger partial charge in [0.05, 0.1) is 12.5 Å². The summed E-state index contributed by atoms with van der Waals surface area (Å²) in [6, 6.07) is 18.6. The topological polar surface area (TPSA) is 85.3 Å². The molecule has 2 aromatic carbocycles. The summed E-state index contributed by atoms with van der Waals surface area (Å²) < 4.78 is 11.5. The van der Waals surface area contributed by atoms with Crippen molar-refractivity contribution in [2.75, 3.05) is 6.61 Å². The van der Waals surface area contributed by atoms with Crippen LogP contribution in [-0.2, 0) is 14.3 Å². The number of allylic oxidation sites excluding steroid dienone is 2. The Morgan fingerprint density at radius 2 is 1.81 bits per heavy atom. The van der Waals surface area contributed by atoms with Gasteiger partial charge in [-0.3, -0.25) is 4.79 Å². The maximum Gasteiger partial charge on any atom is 0.214 e. The first-order chi connectivity index (χ1) is 13.1. The summed E-state index contributed by atoms with van der Waals surface area (Å²) in [5.41, 5.74) is 8.54. The summed E-state index contributed by atoms with van der Waals surface area (Å²) in [4.78, 5) is 13.4. The molecule has 136 valence electrons. The first-order valence-corrected chi connectivity index (χ1v) is 8.67. The fourth-order valence-corrected chi connectivity index (χ4v) is 2.98. The number of benzene rings is 2. The molecular weight excluding hydrogens is 340 g/mol. The van der Waals surface area contributed by atoms with Crippen LogP contribution < -0.4 is 5.73 Å². The molecule has 0 aromatic heterocycles. The zero-order valence-electron chi connectivity index (χ0n) is 15.2. The molecule has 1 heterocycles. The van der Waals surface area contributed by atoms with Crippen molar-refractivity contribution in [1.82, 2.24) is 0 Å². The lowest BCUT2D eigenvalue weighted by atomic mass is 9.86. The average molecular weight is 360 g/mol. The molecule has 0 spiro atoms. The molecule has 0 fully saturated rings. The van der Waals surface area contributed by atoms with Crippen LogP contribution in [0.2, 0.25) is 0 Å². The van der Waals surface area contributed by atoms with Gasteiger partial charge in [0, 0.05) is 5.56 Å². The third-order valence-corrected chi connectivity index (χ3v) is 4.31. The molecule has 27 heavy (non-hydrogen) atoms. The van der Waals surface area contributed by atoms with Crippen LogP contribution in [-0.4, -0.2) is 12.4 Å². The highest BCUT2D eigenvalue weighted by Crippen LogP contribution is 2.37. The molecule has 0 bridgehead atoms. The second-order valence-electron chi connectivity index (χ2n) is 6.16. The minimum absolute atomic E-state index is 0.0717. The SMILES string of the molecule is CCOC1=C(c2ccccc2)OC(N)=C(C#N)C(c2ccc(C)cc2)C1=O. The third-order valence-electron chi connectivity index (χ3n) is 4.31. The Bertz CT molecular complexity index is 951. The molecular formula is C22H20N2O3. The average Bonchev–Trinajstić information content (AvgIpc) is 2.79. The number of aryl methyl sites for hydroxylation is 1. The Hall–Kier alpha value is -3.52. The highest BCUT2D eigenvalue weighted by molar-refractivity contribution is 6.06. The number of ether oxygens (including phenoxy) is 2. The van der Waals surface area contributed by atoms with E-state index in [9.17, 15) is 10.1 Å². The van der Waals surface area contributed by atoms with Crippen LogP contribution in [0.1, 0.15) is 29.5 Å². The fourth-order valence-electron chi connectivity index (χ4n) is 2.98. The number of Topliss-reactive ketones (excluding diaryl/α,β-unsaturated/α-hetero) is 1. The molecule has 0 saturated heterocycles. The van der Waals surface area contributed by atoms with Crippen LogP contribution in [0.15, 0.2) is 71.8 Å². The smallest absolute Gasteiger partial charge is 0.214 e.